The molecule has 1 nitrogen and oxygen atoms in total. The molecule has 5 rings (SSSR count). The molecule has 1 heterocycles. The first kappa shape index (κ1) is 13.6. The predicted molar refractivity (Wildman–Crippen MR) is 99.7 cm³/mol. The highest BCUT2D eigenvalue weighted by Gasteiger charge is 2.26. The van der Waals surface area contributed by atoms with Crippen molar-refractivity contribution in [3.8, 4) is 11.1 Å². The maximum Gasteiger partial charge on any atom is 0.259 e. The zero-order chi connectivity index (χ0) is 15.7. The van der Waals surface area contributed by atoms with Crippen LogP contribution in [0.2, 0.25) is 0 Å². The van der Waals surface area contributed by atoms with Crippen molar-refractivity contribution < 1.29 is 4.58 Å². The fourth-order valence-electron chi connectivity index (χ4n) is 4.29. The van der Waals surface area contributed by atoms with Crippen molar-refractivity contribution in [1.29, 1.82) is 0 Å². The fourth-order valence-corrected chi connectivity index (χ4v) is 4.71. The minimum atomic E-state index is 0.935. The third-order valence-corrected chi connectivity index (χ3v) is 6.71. The molecule has 0 spiro atoms. The lowest BCUT2D eigenvalue weighted by Crippen LogP contribution is -2.07. The first-order valence-corrected chi connectivity index (χ1v) is 9.29. The van der Waals surface area contributed by atoms with Crippen LogP contribution in [-0.2, 0) is 12.8 Å². The molecule has 0 amide bonds. The molecule has 0 aromatic heterocycles. The predicted octanol–water partition coefficient (Wildman–Crippen LogP) is 2.76. The van der Waals surface area contributed by atoms with E-state index in [4.69, 9.17) is 0 Å². The highest BCUT2D eigenvalue weighted by atomic mass is 27.0. The van der Waals surface area contributed by atoms with Gasteiger partial charge in [-0.25, -0.2) is 0 Å². The summed E-state index contributed by atoms with van der Waals surface area (Å²) < 4.78 is 3.72. The molecule has 0 N–H and O–H groups in total. The second-order valence-corrected chi connectivity index (χ2v) is 7.96. The van der Waals surface area contributed by atoms with Gasteiger partial charge in [-0.1, -0.05) is 47.5 Å². The molecule has 2 aliphatic rings. The van der Waals surface area contributed by atoms with E-state index in [9.17, 15) is 0 Å². The van der Waals surface area contributed by atoms with Crippen LogP contribution in [0.1, 0.15) is 22.3 Å². The van der Waals surface area contributed by atoms with Crippen molar-refractivity contribution in [2.75, 3.05) is 7.05 Å². The Balaban J connectivity index is 1.98. The Morgan fingerprint density at radius 2 is 1.65 bits per heavy atom. The number of hydrogen-bond donors (Lipinski definition) is 0. The van der Waals surface area contributed by atoms with Crippen LogP contribution >= 0.6 is 0 Å². The van der Waals surface area contributed by atoms with E-state index < -0.39 is 0 Å². The zero-order valence-corrected chi connectivity index (χ0v) is 15.8. The Bertz CT molecular complexity index is 1040. The Kier molecular flexibility index (Phi) is 2.69. The molecule has 0 bridgehead atoms. The molecule has 2 heteroatoms. The van der Waals surface area contributed by atoms with E-state index in [0.717, 1.165) is 29.1 Å². The summed E-state index contributed by atoms with van der Waals surface area (Å²) in [7, 11) is 2.14. The van der Waals surface area contributed by atoms with Gasteiger partial charge in [0, 0.05) is 6.21 Å². The zero-order valence-electron chi connectivity index (χ0n) is 13.8. The number of benzene rings is 3. The van der Waals surface area contributed by atoms with Gasteiger partial charge < -0.3 is 4.58 Å². The minimum absolute atomic E-state index is 0.935. The second-order valence-electron chi connectivity index (χ2n) is 6.88. The molecule has 0 fully saturated rings. The highest BCUT2D eigenvalue weighted by Crippen LogP contribution is 2.48. The van der Waals surface area contributed by atoms with Crippen molar-refractivity contribution in [2.45, 2.75) is 19.8 Å². The highest BCUT2D eigenvalue weighted by molar-refractivity contribution is 6.35. The smallest absolute Gasteiger partial charge is 0.259 e. The Morgan fingerprint density at radius 3 is 2.52 bits per heavy atom. The standard InChI is InChI=1S/C21H16N.Al.2H/c1-13-4-3-5-14-6-8-16-12-17-9-7-15-10-11-22(2)21(15)20(17)19(16)18(13)14;;;/h3,5-9H,10,12H2,1-2H3;;;. The van der Waals surface area contributed by atoms with E-state index in [2.05, 4.69) is 61.2 Å². The summed E-state index contributed by atoms with van der Waals surface area (Å²) in [5.74, 6) is 0. The molecule has 0 saturated heterocycles. The summed E-state index contributed by atoms with van der Waals surface area (Å²) in [4.78, 5) is 0. The maximum absolute atomic E-state index is 3.46. The number of nitrogens with zero attached hydrogens (tertiary/aromatic N) is 1. The SMILES string of the molecule is Cc1[c]([AlH2])ccc2ccc3c(c12)-c1c(ccc2c1[N+](C)=[C-]C2)C3. The quantitative estimate of drug-likeness (QED) is 0.267. The summed E-state index contributed by atoms with van der Waals surface area (Å²) in [6.07, 6.45) is 5.46. The maximum atomic E-state index is 3.46. The van der Waals surface area contributed by atoms with E-state index in [0.29, 0.717) is 0 Å². The van der Waals surface area contributed by atoms with Crippen LogP contribution in [-0.4, -0.2) is 34.1 Å². The van der Waals surface area contributed by atoms with Gasteiger partial charge in [0.2, 0.25) is 0 Å². The normalized spacial score (nSPS) is 14.6. The van der Waals surface area contributed by atoms with Gasteiger partial charge in [0.1, 0.15) is 7.05 Å². The topological polar surface area (TPSA) is 3.01 Å². The molecule has 1 aliphatic heterocycles. The van der Waals surface area contributed by atoms with Crippen LogP contribution < -0.4 is 4.43 Å². The van der Waals surface area contributed by atoms with Gasteiger partial charge in [0.25, 0.3) is 16.3 Å². The molecule has 0 unspecified atom stereocenters. The number of rotatable bonds is 0. The number of fused-ring (bicyclic) bond motifs is 7. The third-order valence-electron chi connectivity index (χ3n) is 5.62. The van der Waals surface area contributed by atoms with Gasteiger partial charge in [0.15, 0.2) is 0 Å². The van der Waals surface area contributed by atoms with Crippen molar-refractivity contribution >= 4 is 43.4 Å². The molecule has 0 saturated carbocycles. The average molecular weight is 311 g/mol. The lowest BCUT2D eigenvalue weighted by molar-refractivity contribution is -0.395. The fraction of sp³-hybridized carbons (Fsp3) is 0.190. The van der Waals surface area contributed by atoms with Crippen LogP contribution in [0.15, 0.2) is 36.4 Å². The first-order valence-electron chi connectivity index (χ1n) is 8.29. The van der Waals surface area contributed by atoms with Gasteiger partial charge in [-0.2, -0.15) is 0 Å². The summed E-state index contributed by atoms with van der Waals surface area (Å²) in [5, 5.41) is 2.85. The van der Waals surface area contributed by atoms with Crippen LogP contribution in [0.3, 0.4) is 0 Å². The molecule has 0 atom stereocenters. The Labute approximate surface area is 144 Å². The van der Waals surface area contributed by atoms with Crippen LogP contribution in [0.25, 0.3) is 21.9 Å². The molecule has 23 heavy (non-hydrogen) atoms. The molecule has 110 valence electrons. The van der Waals surface area contributed by atoms with E-state index in [1.807, 2.05) is 0 Å². The van der Waals surface area contributed by atoms with Crippen molar-refractivity contribution in [3.05, 3.63) is 58.7 Å². The average Bonchev–Trinajstić information content (AvgIpc) is 3.11. The Hall–Kier alpha value is -1.88. The Morgan fingerprint density at radius 1 is 0.957 bits per heavy atom. The van der Waals surface area contributed by atoms with Gasteiger partial charge >= 0.3 is 0 Å². The molecule has 1 aliphatic carbocycles. The van der Waals surface area contributed by atoms with Gasteiger partial charge in [-0.3, -0.25) is 0 Å². The van der Waals surface area contributed by atoms with Gasteiger partial charge in [0.05, 0.1) is 5.69 Å². The second kappa shape index (κ2) is 4.57. The van der Waals surface area contributed by atoms with Gasteiger partial charge in [-0.15, -0.1) is 4.43 Å². The summed E-state index contributed by atoms with van der Waals surface area (Å²) in [6.45, 7) is 2.30. The largest absolute Gasteiger partial charge is 0.366 e. The van der Waals surface area contributed by atoms with Crippen molar-refractivity contribution in [2.24, 2.45) is 0 Å². The first-order chi connectivity index (χ1) is 11.1. The lowest BCUT2D eigenvalue weighted by Gasteiger charge is -2.17. The van der Waals surface area contributed by atoms with E-state index in [1.54, 1.807) is 0 Å². The van der Waals surface area contributed by atoms with Crippen LogP contribution in [0.4, 0.5) is 5.69 Å². The number of aryl methyl sites for hydroxylation is 1. The lowest BCUT2D eigenvalue weighted by atomic mass is 9.92. The monoisotopic (exact) mass is 311 g/mol. The summed E-state index contributed by atoms with van der Waals surface area (Å²) in [6, 6.07) is 13.9. The summed E-state index contributed by atoms with van der Waals surface area (Å²) in [5.41, 5.74) is 10.2. The van der Waals surface area contributed by atoms with Crippen LogP contribution in [0, 0.1) is 6.92 Å². The van der Waals surface area contributed by atoms with Crippen LogP contribution in [0.5, 0.6) is 0 Å². The van der Waals surface area contributed by atoms with Gasteiger partial charge in [-0.05, 0) is 52.8 Å². The third kappa shape index (κ3) is 1.71. The molecule has 3 aromatic carbocycles. The van der Waals surface area contributed by atoms with E-state index in [-0.39, 0.29) is 0 Å². The number of hydrogen-bond acceptors (Lipinski definition) is 0. The van der Waals surface area contributed by atoms with E-state index in [1.165, 1.54) is 54.3 Å². The minimum Gasteiger partial charge on any atom is -0.366 e. The van der Waals surface area contributed by atoms with Crippen molar-refractivity contribution in [3.63, 3.8) is 0 Å². The molecular formula is C21H18AlN. The van der Waals surface area contributed by atoms with E-state index >= 15 is 0 Å². The van der Waals surface area contributed by atoms with Crippen molar-refractivity contribution in [1.82, 2.24) is 0 Å². The molecular weight excluding hydrogens is 293 g/mol. The molecule has 0 radical (unpaired) electrons. The molecule has 3 aromatic rings. The summed E-state index contributed by atoms with van der Waals surface area (Å²) >= 11 is 1.10.